The SMILES string of the molecule is CC1Cc2cc(S(=O)(=O)CCC(=O)NCc3ccc4c(c3)OCO4)ccc2N1C(=O)C1CC1. The third-order valence-electron chi connectivity index (χ3n) is 6.31. The van der Waals surface area contributed by atoms with Crippen LogP contribution in [0.1, 0.15) is 37.3 Å². The molecule has 0 saturated heterocycles. The summed E-state index contributed by atoms with van der Waals surface area (Å²) >= 11 is 0. The summed E-state index contributed by atoms with van der Waals surface area (Å²) in [4.78, 5) is 26.9. The molecule has 0 aromatic heterocycles. The lowest BCUT2D eigenvalue weighted by Gasteiger charge is -2.22. The summed E-state index contributed by atoms with van der Waals surface area (Å²) in [6.07, 6.45) is 2.36. The van der Waals surface area contributed by atoms with Gasteiger partial charge in [-0.15, -0.1) is 0 Å². The van der Waals surface area contributed by atoms with E-state index < -0.39 is 9.84 Å². The molecule has 1 unspecified atom stereocenters. The molecule has 2 aliphatic heterocycles. The van der Waals surface area contributed by atoms with Crippen LogP contribution in [-0.4, -0.2) is 38.8 Å². The summed E-state index contributed by atoms with van der Waals surface area (Å²) in [7, 11) is -3.63. The first kappa shape index (κ1) is 21.8. The van der Waals surface area contributed by atoms with Crippen molar-refractivity contribution in [1.29, 1.82) is 0 Å². The molecule has 8 nitrogen and oxygen atoms in total. The number of nitrogens with zero attached hydrogens (tertiary/aromatic N) is 1. The van der Waals surface area contributed by atoms with Gasteiger partial charge >= 0.3 is 0 Å². The highest BCUT2D eigenvalue weighted by Crippen LogP contribution is 2.39. The molecule has 1 N–H and O–H groups in total. The third-order valence-corrected chi connectivity index (χ3v) is 8.03. The van der Waals surface area contributed by atoms with Gasteiger partial charge in [-0.2, -0.15) is 0 Å². The molecule has 9 heteroatoms. The molecule has 0 bridgehead atoms. The number of nitrogens with one attached hydrogen (secondary N) is 1. The van der Waals surface area contributed by atoms with Gasteiger partial charge in [0.1, 0.15) is 0 Å². The van der Waals surface area contributed by atoms with E-state index in [1.165, 1.54) is 0 Å². The van der Waals surface area contributed by atoms with Crippen LogP contribution in [-0.2, 0) is 32.4 Å². The maximum absolute atomic E-state index is 12.9. The molecule has 2 aromatic rings. The van der Waals surface area contributed by atoms with Gasteiger partial charge in [-0.3, -0.25) is 9.59 Å². The molecule has 1 saturated carbocycles. The minimum absolute atomic E-state index is 0.0213. The highest BCUT2D eigenvalue weighted by atomic mass is 32.2. The minimum atomic E-state index is -3.63. The standard InChI is InChI=1S/C24H26N2O6S/c1-15-10-18-12-19(5-6-20(18)26(15)24(28)17-3-4-17)33(29,30)9-8-23(27)25-13-16-2-7-21-22(11-16)32-14-31-21/h2,5-7,11-12,15,17H,3-4,8-10,13-14H2,1H3,(H,25,27). The predicted octanol–water partition coefficient (Wildman–Crippen LogP) is 2.58. The molecule has 0 spiro atoms. The van der Waals surface area contributed by atoms with Gasteiger partial charge in [0.25, 0.3) is 0 Å². The zero-order chi connectivity index (χ0) is 23.2. The highest BCUT2D eigenvalue weighted by Gasteiger charge is 2.39. The molecule has 2 heterocycles. The highest BCUT2D eigenvalue weighted by molar-refractivity contribution is 7.91. The van der Waals surface area contributed by atoms with E-state index in [1.54, 1.807) is 30.3 Å². The fraction of sp³-hybridized carbons (Fsp3) is 0.417. The number of sulfone groups is 1. The summed E-state index contributed by atoms with van der Waals surface area (Å²) < 4.78 is 36.3. The van der Waals surface area contributed by atoms with Crippen LogP contribution in [0.3, 0.4) is 0 Å². The van der Waals surface area contributed by atoms with Crippen molar-refractivity contribution in [3.05, 3.63) is 47.5 Å². The number of carbonyl (C=O) groups is 2. The molecular weight excluding hydrogens is 444 g/mol. The lowest BCUT2D eigenvalue weighted by Crippen LogP contribution is -2.36. The molecule has 1 atom stereocenters. The Kier molecular flexibility index (Phi) is 5.52. The van der Waals surface area contributed by atoms with Crippen LogP contribution < -0.4 is 19.7 Å². The number of fused-ring (bicyclic) bond motifs is 2. The number of benzene rings is 2. The minimum Gasteiger partial charge on any atom is -0.454 e. The van der Waals surface area contributed by atoms with Gasteiger partial charge in [0.2, 0.25) is 18.6 Å². The third kappa shape index (κ3) is 4.42. The normalized spacial score (nSPS) is 18.8. The zero-order valence-electron chi connectivity index (χ0n) is 18.4. The second kappa shape index (κ2) is 8.37. The van der Waals surface area contributed by atoms with Gasteiger partial charge in [0.15, 0.2) is 21.3 Å². The Morgan fingerprint density at radius 3 is 2.67 bits per heavy atom. The molecule has 2 amide bonds. The Balaban J connectivity index is 1.19. The summed E-state index contributed by atoms with van der Waals surface area (Å²) in [6.45, 7) is 2.44. The molecule has 1 aliphatic carbocycles. The fourth-order valence-electron chi connectivity index (χ4n) is 4.35. The topological polar surface area (TPSA) is 102 Å². The number of ether oxygens (including phenoxy) is 2. The fourth-order valence-corrected chi connectivity index (χ4v) is 5.64. The van der Waals surface area contributed by atoms with Crippen molar-refractivity contribution in [1.82, 2.24) is 5.32 Å². The maximum Gasteiger partial charge on any atom is 0.231 e. The number of rotatable bonds is 7. The molecular formula is C24H26N2O6S. The van der Waals surface area contributed by atoms with Gasteiger partial charge in [-0.05, 0) is 67.6 Å². The van der Waals surface area contributed by atoms with Crippen LogP contribution in [0.2, 0.25) is 0 Å². The molecule has 3 aliphatic rings. The van der Waals surface area contributed by atoms with Gasteiger partial charge in [0.05, 0.1) is 10.6 Å². The second-order valence-corrected chi connectivity index (χ2v) is 11.0. The quantitative estimate of drug-likeness (QED) is 0.667. The Morgan fingerprint density at radius 1 is 1.09 bits per heavy atom. The molecule has 0 radical (unpaired) electrons. The van der Waals surface area contributed by atoms with Crippen molar-refractivity contribution in [2.24, 2.45) is 5.92 Å². The van der Waals surface area contributed by atoms with E-state index in [-0.39, 0.29) is 54.2 Å². The van der Waals surface area contributed by atoms with E-state index in [0.717, 1.165) is 29.7 Å². The first-order chi connectivity index (χ1) is 15.8. The van der Waals surface area contributed by atoms with E-state index in [2.05, 4.69) is 5.32 Å². The van der Waals surface area contributed by atoms with E-state index in [1.807, 2.05) is 17.9 Å². The first-order valence-electron chi connectivity index (χ1n) is 11.2. The summed E-state index contributed by atoms with van der Waals surface area (Å²) in [5, 5.41) is 2.75. The van der Waals surface area contributed by atoms with Gasteiger partial charge < -0.3 is 19.7 Å². The number of carbonyl (C=O) groups excluding carboxylic acids is 2. The van der Waals surface area contributed by atoms with Crippen molar-refractivity contribution in [3.63, 3.8) is 0 Å². The van der Waals surface area contributed by atoms with Crippen LogP contribution in [0.4, 0.5) is 5.69 Å². The number of hydrogen-bond acceptors (Lipinski definition) is 6. The second-order valence-electron chi connectivity index (χ2n) is 8.86. The largest absolute Gasteiger partial charge is 0.454 e. The van der Waals surface area contributed by atoms with Crippen molar-refractivity contribution < 1.29 is 27.5 Å². The Morgan fingerprint density at radius 2 is 1.88 bits per heavy atom. The first-order valence-corrected chi connectivity index (χ1v) is 12.8. The van der Waals surface area contributed by atoms with Crippen LogP contribution in [0, 0.1) is 5.92 Å². The van der Waals surface area contributed by atoms with Gasteiger partial charge in [-0.25, -0.2) is 8.42 Å². The summed E-state index contributed by atoms with van der Waals surface area (Å²) in [5.74, 6) is 0.924. The number of hydrogen-bond donors (Lipinski definition) is 1. The Bertz CT molecular complexity index is 1220. The molecule has 33 heavy (non-hydrogen) atoms. The van der Waals surface area contributed by atoms with Crippen molar-refractivity contribution >= 4 is 27.3 Å². The number of anilines is 1. The Labute approximate surface area is 192 Å². The van der Waals surface area contributed by atoms with Gasteiger partial charge in [-0.1, -0.05) is 6.07 Å². The summed E-state index contributed by atoms with van der Waals surface area (Å²) in [5.41, 5.74) is 2.51. The average molecular weight is 471 g/mol. The lowest BCUT2D eigenvalue weighted by atomic mass is 10.1. The zero-order valence-corrected chi connectivity index (χ0v) is 19.2. The van der Waals surface area contributed by atoms with E-state index in [4.69, 9.17) is 9.47 Å². The maximum atomic E-state index is 12.9. The monoisotopic (exact) mass is 470 g/mol. The average Bonchev–Trinajstić information content (AvgIpc) is 3.45. The van der Waals surface area contributed by atoms with E-state index >= 15 is 0 Å². The van der Waals surface area contributed by atoms with Gasteiger partial charge in [0, 0.05) is 30.6 Å². The van der Waals surface area contributed by atoms with Crippen molar-refractivity contribution in [3.8, 4) is 11.5 Å². The van der Waals surface area contributed by atoms with Crippen molar-refractivity contribution in [2.75, 3.05) is 17.4 Å². The van der Waals surface area contributed by atoms with Crippen LogP contribution in [0.25, 0.3) is 0 Å². The molecule has 174 valence electrons. The van der Waals surface area contributed by atoms with Crippen molar-refractivity contribution in [2.45, 2.75) is 50.1 Å². The van der Waals surface area contributed by atoms with E-state index in [9.17, 15) is 18.0 Å². The van der Waals surface area contributed by atoms with Crippen LogP contribution in [0.5, 0.6) is 11.5 Å². The van der Waals surface area contributed by atoms with E-state index in [0.29, 0.717) is 17.9 Å². The molecule has 5 rings (SSSR count). The van der Waals surface area contributed by atoms with Crippen LogP contribution in [0.15, 0.2) is 41.3 Å². The molecule has 1 fully saturated rings. The molecule has 2 aromatic carbocycles. The number of amides is 2. The predicted molar refractivity (Wildman–Crippen MR) is 121 cm³/mol. The van der Waals surface area contributed by atoms with Crippen LogP contribution >= 0.6 is 0 Å². The lowest BCUT2D eigenvalue weighted by molar-refractivity contribution is -0.121. The Hall–Kier alpha value is -3.07. The smallest absolute Gasteiger partial charge is 0.231 e. The summed E-state index contributed by atoms with van der Waals surface area (Å²) in [6, 6.07) is 10.4.